The Balaban J connectivity index is 1.32. The predicted octanol–water partition coefficient (Wildman–Crippen LogP) is 4.79. The number of hydrogen-bond acceptors (Lipinski definition) is 4. The topological polar surface area (TPSA) is 120 Å². The van der Waals surface area contributed by atoms with E-state index >= 15 is 0 Å². The summed E-state index contributed by atoms with van der Waals surface area (Å²) >= 11 is 0. The van der Waals surface area contributed by atoms with Gasteiger partial charge in [-0.3, -0.25) is 20.2 Å². The van der Waals surface area contributed by atoms with Gasteiger partial charge in [-0.25, -0.2) is 9.97 Å². The lowest BCUT2D eigenvalue weighted by molar-refractivity contribution is 0.101. The highest BCUT2D eigenvalue weighted by atomic mass is 16.2. The molecule has 6 rings (SSSR count). The van der Waals surface area contributed by atoms with E-state index in [-0.39, 0.29) is 17.8 Å². The van der Waals surface area contributed by atoms with Crippen LogP contribution in [0.15, 0.2) is 91.3 Å². The van der Waals surface area contributed by atoms with Crippen LogP contribution in [0.25, 0.3) is 21.9 Å². The van der Waals surface area contributed by atoms with Crippen LogP contribution in [0.1, 0.15) is 26.4 Å². The monoisotopic (exact) mass is 475 g/mol. The number of H-pyrrole nitrogens is 2. The first-order valence-electron chi connectivity index (χ1n) is 11.4. The van der Waals surface area contributed by atoms with Crippen molar-refractivity contribution in [2.75, 3.05) is 10.6 Å². The fraction of sp³-hybridized carbons (Fsp3) is 0.0370. The fourth-order valence-electron chi connectivity index (χ4n) is 4.29. The minimum atomic E-state index is -0.358. The standard InChI is InChI=1S/C27H21N7O2/c35-24(32-26-28-13-14-29-26)19-10-6-11-20-23(19)31-27(30-20)33-25(36)22-15-18-9-4-5-12-21(18)34(22)16-17-7-2-1-3-8-17/h1-15H,16H2,(H2,28,29,32,35)(H2,30,31,33,36). The van der Waals surface area contributed by atoms with Crippen LogP contribution in [0, 0.1) is 0 Å². The zero-order valence-corrected chi connectivity index (χ0v) is 19.0. The number of nitrogens with zero attached hydrogens (tertiary/aromatic N) is 3. The molecule has 0 fully saturated rings. The molecule has 9 nitrogen and oxygen atoms in total. The Bertz CT molecular complexity index is 1700. The second-order valence-electron chi connectivity index (χ2n) is 8.29. The summed E-state index contributed by atoms with van der Waals surface area (Å²) < 4.78 is 1.99. The molecule has 6 aromatic rings. The molecular formula is C27H21N7O2. The number of rotatable bonds is 6. The van der Waals surface area contributed by atoms with Gasteiger partial charge in [0, 0.05) is 29.8 Å². The smallest absolute Gasteiger partial charge is 0.274 e. The summed E-state index contributed by atoms with van der Waals surface area (Å²) in [7, 11) is 0. The molecular weight excluding hydrogens is 454 g/mol. The Hall–Kier alpha value is -5.18. The maximum atomic E-state index is 13.4. The number of anilines is 2. The second-order valence-corrected chi connectivity index (χ2v) is 8.29. The van der Waals surface area contributed by atoms with Gasteiger partial charge in [0.1, 0.15) is 11.2 Å². The number of imidazole rings is 2. The Morgan fingerprint density at radius 2 is 1.67 bits per heavy atom. The molecule has 36 heavy (non-hydrogen) atoms. The van der Waals surface area contributed by atoms with Crippen molar-refractivity contribution in [1.82, 2.24) is 24.5 Å². The van der Waals surface area contributed by atoms with E-state index < -0.39 is 0 Å². The van der Waals surface area contributed by atoms with Gasteiger partial charge in [-0.1, -0.05) is 54.6 Å². The third-order valence-corrected chi connectivity index (χ3v) is 5.95. The molecule has 0 saturated carbocycles. The molecule has 9 heteroatoms. The van der Waals surface area contributed by atoms with Gasteiger partial charge in [-0.05, 0) is 29.8 Å². The van der Waals surface area contributed by atoms with E-state index in [4.69, 9.17) is 0 Å². The molecule has 176 valence electrons. The summed E-state index contributed by atoms with van der Waals surface area (Å²) in [5, 5.41) is 6.54. The average Bonchev–Trinajstić information content (AvgIpc) is 3.63. The number of amides is 2. The zero-order valence-electron chi connectivity index (χ0n) is 19.0. The van der Waals surface area contributed by atoms with Crippen LogP contribution in [0.4, 0.5) is 11.9 Å². The van der Waals surface area contributed by atoms with Crippen molar-refractivity contribution in [3.05, 3.63) is 108 Å². The first-order valence-corrected chi connectivity index (χ1v) is 11.4. The molecule has 2 amide bonds. The molecule has 3 aromatic carbocycles. The number of nitrogens with one attached hydrogen (secondary N) is 4. The van der Waals surface area contributed by atoms with E-state index in [1.165, 1.54) is 0 Å². The van der Waals surface area contributed by atoms with E-state index in [1.807, 2.05) is 65.2 Å². The lowest BCUT2D eigenvalue weighted by atomic mass is 10.2. The van der Waals surface area contributed by atoms with Gasteiger partial charge in [0.15, 0.2) is 0 Å². The van der Waals surface area contributed by atoms with Crippen molar-refractivity contribution >= 4 is 45.6 Å². The maximum Gasteiger partial charge on any atom is 0.274 e. The first-order chi connectivity index (χ1) is 17.7. The van der Waals surface area contributed by atoms with Crippen LogP contribution < -0.4 is 10.6 Å². The predicted molar refractivity (Wildman–Crippen MR) is 138 cm³/mol. The van der Waals surface area contributed by atoms with E-state index in [0.29, 0.717) is 34.8 Å². The molecule has 0 aliphatic heterocycles. The highest BCUT2D eigenvalue weighted by Crippen LogP contribution is 2.24. The van der Waals surface area contributed by atoms with Crippen LogP contribution in [0.2, 0.25) is 0 Å². The molecule has 3 aromatic heterocycles. The Kier molecular flexibility index (Phi) is 5.27. The van der Waals surface area contributed by atoms with Gasteiger partial charge < -0.3 is 14.5 Å². The van der Waals surface area contributed by atoms with Crippen molar-refractivity contribution in [3.63, 3.8) is 0 Å². The van der Waals surface area contributed by atoms with Gasteiger partial charge in [-0.15, -0.1) is 0 Å². The fourth-order valence-corrected chi connectivity index (χ4v) is 4.29. The van der Waals surface area contributed by atoms with Gasteiger partial charge >= 0.3 is 0 Å². The lowest BCUT2D eigenvalue weighted by Crippen LogP contribution is -2.18. The number of aromatic nitrogens is 5. The second kappa shape index (κ2) is 8.88. The van der Waals surface area contributed by atoms with Gasteiger partial charge in [0.2, 0.25) is 11.9 Å². The summed E-state index contributed by atoms with van der Waals surface area (Å²) in [5.41, 5.74) is 4.00. The van der Waals surface area contributed by atoms with Crippen molar-refractivity contribution in [2.24, 2.45) is 0 Å². The van der Waals surface area contributed by atoms with Crippen LogP contribution in [0.5, 0.6) is 0 Å². The number of carbonyl (C=O) groups excluding carboxylic acids is 2. The normalized spacial score (nSPS) is 11.1. The third kappa shape index (κ3) is 3.98. The molecule has 0 atom stereocenters. The number of carbonyl (C=O) groups is 2. The summed E-state index contributed by atoms with van der Waals surface area (Å²) in [6.45, 7) is 0.550. The minimum Gasteiger partial charge on any atom is -0.332 e. The van der Waals surface area contributed by atoms with Crippen molar-refractivity contribution in [2.45, 2.75) is 6.54 Å². The molecule has 0 aliphatic carbocycles. The molecule has 0 spiro atoms. The summed E-state index contributed by atoms with van der Waals surface area (Å²) in [4.78, 5) is 40.7. The molecule has 0 saturated heterocycles. The van der Waals surface area contributed by atoms with E-state index in [0.717, 1.165) is 16.5 Å². The quantitative estimate of drug-likeness (QED) is 0.277. The molecule has 3 heterocycles. The molecule has 0 aliphatic rings. The lowest BCUT2D eigenvalue weighted by Gasteiger charge is -2.10. The number of aromatic amines is 2. The van der Waals surface area contributed by atoms with Crippen molar-refractivity contribution < 1.29 is 9.59 Å². The van der Waals surface area contributed by atoms with Gasteiger partial charge in [-0.2, -0.15) is 0 Å². The highest BCUT2D eigenvalue weighted by molar-refractivity contribution is 6.12. The summed E-state index contributed by atoms with van der Waals surface area (Å²) in [6.07, 6.45) is 3.17. The van der Waals surface area contributed by atoms with E-state index in [2.05, 4.69) is 30.6 Å². The Morgan fingerprint density at radius 1 is 0.861 bits per heavy atom. The van der Waals surface area contributed by atoms with Gasteiger partial charge in [0.05, 0.1) is 11.1 Å². The van der Waals surface area contributed by atoms with E-state index in [1.54, 1.807) is 30.6 Å². The van der Waals surface area contributed by atoms with E-state index in [9.17, 15) is 9.59 Å². The van der Waals surface area contributed by atoms with Gasteiger partial charge in [0.25, 0.3) is 11.8 Å². The first kappa shape index (κ1) is 21.4. The largest absolute Gasteiger partial charge is 0.332 e. The molecule has 0 bridgehead atoms. The van der Waals surface area contributed by atoms with Crippen LogP contribution in [0.3, 0.4) is 0 Å². The Labute approximate surface area is 205 Å². The van der Waals surface area contributed by atoms with Crippen LogP contribution in [-0.4, -0.2) is 36.3 Å². The van der Waals surface area contributed by atoms with Crippen molar-refractivity contribution in [1.29, 1.82) is 0 Å². The van der Waals surface area contributed by atoms with Crippen LogP contribution in [-0.2, 0) is 6.54 Å². The number of hydrogen-bond donors (Lipinski definition) is 4. The zero-order chi connectivity index (χ0) is 24.5. The number of fused-ring (bicyclic) bond motifs is 2. The third-order valence-electron chi connectivity index (χ3n) is 5.95. The number of para-hydroxylation sites is 2. The van der Waals surface area contributed by atoms with Crippen molar-refractivity contribution in [3.8, 4) is 0 Å². The molecule has 0 radical (unpaired) electrons. The summed E-state index contributed by atoms with van der Waals surface area (Å²) in [5.74, 6) is -0.0669. The maximum absolute atomic E-state index is 13.4. The molecule has 4 N–H and O–H groups in total. The molecule has 0 unspecified atom stereocenters. The highest BCUT2D eigenvalue weighted by Gasteiger charge is 2.19. The SMILES string of the molecule is O=C(Nc1ncc[nH]1)c1cccc2[nH]c(NC(=O)c3cc4ccccc4n3Cc3ccccc3)nc12. The average molecular weight is 476 g/mol. The summed E-state index contributed by atoms with van der Waals surface area (Å²) in [6, 6.07) is 25.0. The number of benzene rings is 3. The Morgan fingerprint density at radius 3 is 2.50 bits per heavy atom. The minimum absolute atomic E-state index is 0.254. The van der Waals surface area contributed by atoms with Crippen LogP contribution >= 0.6 is 0 Å².